The molecule has 0 aliphatic rings. The van der Waals surface area contributed by atoms with Gasteiger partial charge >= 0.3 is 0 Å². The molecule has 0 heterocycles. The van der Waals surface area contributed by atoms with Gasteiger partial charge in [0, 0.05) is 33.9 Å². The summed E-state index contributed by atoms with van der Waals surface area (Å²) in [5.74, 6) is -2.50. The molecular formula is C10H24N2O7. The van der Waals surface area contributed by atoms with Gasteiger partial charge in [0.05, 0.1) is 0 Å². The third-order valence-corrected chi connectivity index (χ3v) is 0.613. The molecule has 0 aliphatic heterocycles. The van der Waals surface area contributed by atoms with Gasteiger partial charge in [0.15, 0.2) is 0 Å². The van der Waals surface area contributed by atoms with E-state index in [0.717, 1.165) is 20.8 Å². The van der Waals surface area contributed by atoms with Crippen molar-refractivity contribution in [2.75, 3.05) is 13.2 Å². The maximum atomic E-state index is 9.00. The first-order chi connectivity index (χ1) is 8.50. The second-order valence-corrected chi connectivity index (χ2v) is 2.79. The first kappa shape index (κ1) is 26.0. The zero-order valence-corrected chi connectivity index (χ0v) is 11.6. The van der Waals surface area contributed by atoms with Gasteiger partial charge in [0.1, 0.15) is 6.23 Å². The van der Waals surface area contributed by atoms with E-state index in [-0.39, 0.29) is 6.23 Å². The predicted molar refractivity (Wildman–Crippen MR) is 68.6 cm³/mol. The third-order valence-electron chi connectivity index (χ3n) is 0.613. The van der Waals surface area contributed by atoms with E-state index in [1.807, 2.05) is 6.92 Å². The van der Waals surface area contributed by atoms with Crippen molar-refractivity contribution in [1.82, 2.24) is 0 Å². The molecule has 9 heteroatoms. The van der Waals surface area contributed by atoms with Crippen LogP contribution in [0.15, 0.2) is 0 Å². The lowest BCUT2D eigenvalue weighted by Crippen LogP contribution is -2.32. The molecular weight excluding hydrogens is 260 g/mol. The lowest BCUT2D eigenvalue weighted by atomic mass is 10.6. The maximum Gasteiger partial charge on any atom is 0.300 e. The number of rotatable bonds is 3. The molecule has 0 aromatic rings. The molecule has 0 amide bonds. The van der Waals surface area contributed by atoms with Crippen molar-refractivity contribution in [3.8, 4) is 0 Å². The van der Waals surface area contributed by atoms with Gasteiger partial charge in [-0.1, -0.05) is 0 Å². The van der Waals surface area contributed by atoms with E-state index in [9.17, 15) is 0 Å². The molecule has 0 fully saturated rings. The summed E-state index contributed by atoms with van der Waals surface area (Å²) < 4.78 is 4.84. The maximum absolute atomic E-state index is 9.00. The SMILES string of the molecule is CC(=O)O.CC(=O)O.CC(=O)O.CCOC(N)CN. The van der Waals surface area contributed by atoms with E-state index in [1.165, 1.54) is 0 Å². The number of ether oxygens (including phenoxy) is 1. The first-order valence-corrected chi connectivity index (χ1v) is 5.16. The van der Waals surface area contributed by atoms with Gasteiger partial charge in [-0.2, -0.15) is 0 Å². The minimum atomic E-state index is -0.833. The fourth-order valence-corrected chi connectivity index (χ4v) is 0.282. The molecule has 0 aromatic carbocycles. The molecule has 1 unspecified atom stereocenters. The van der Waals surface area contributed by atoms with Crippen molar-refractivity contribution in [3.05, 3.63) is 0 Å². The van der Waals surface area contributed by atoms with Crippen molar-refractivity contribution in [1.29, 1.82) is 0 Å². The Bertz CT molecular complexity index is 193. The molecule has 7 N–H and O–H groups in total. The van der Waals surface area contributed by atoms with E-state index >= 15 is 0 Å². The molecule has 19 heavy (non-hydrogen) atoms. The minimum Gasteiger partial charge on any atom is -0.481 e. The second kappa shape index (κ2) is 21.6. The number of hydrogen-bond donors (Lipinski definition) is 5. The van der Waals surface area contributed by atoms with Crippen molar-refractivity contribution in [2.45, 2.75) is 33.9 Å². The Morgan fingerprint density at radius 2 is 1.21 bits per heavy atom. The number of carboxylic acids is 3. The molecule has 0 saturated carbocycles. The van der Waals surface area contributed by atoms with Crippen LogP contribution in [-0.4, -0.2) is 52.6 Å². The van der Waals surface area contributed by atoms with Crippen LogP contribution < -0.4 is 11.5 Å². The number of carbonyl (C=O) groups is 3. The van der Waals surface area contributed by atoms with Gasteiger partial charge in [0.2, 0.25) is 0 Å². The van der Waals surface area contributed by atoms with Crippen molar-refractivity contribution in [3.63, 3.8) is 0 Å². The summed E-state index contributed by atoms with van der Waals surface area (Å²) in [5, 5.41) is 22.2. The molecule has 1 atom stereocenters. The first-order valence-electron chi connectivity index (χ1n) is 5.16. The van der Waals surface area contributed by atoms with Gasteiger partial charge < -0.3 is 31.5 Å². The highest BCUT2D eigenvalue weighted by molar-refractivity contribution is 5.63. The summed E-state index contributed by atoms with van der Waals surface area (Å²) in [6.45, 7) is 6.17. The van der Waals surface area contributed by atoms with Crippen molar-refractivity contribution in [2.24, 2.45) is 11.5 Å². The molecule has 9 nitrogen and oxygen atoms in total. The minimum absolute atomic E-state index is 0.273. The largest absolute Gasteiger partial charge is 0.481 e. The van der Waals surface area contributed by atoms with Crippen LogP contribution in [0.4, 0.5) is 0 Å². The molecule has 0 spiro atoms. The molecule has 0 rings (SSSR count). The summed E-state index contributed by atoms with van der Waals surface area (Å²) in [6, 6.07) is 0. The van der Waals surface area contributed by atoms with Crippen LogP contribution in [0, 0.1) is 0 Å². The molecule has 0 aliphatic carbocycles. The Morgan fingerprint density at radius 1 is 1.00 bits per heavy atom. The van der Waals surface area contributed by atoms with Crippen LogP contribution >= 0.6 is 0 Å². The fraction of sp³-hybridized carbons (Fsp3) is 0.700. The van der Waals surface area contributed by atoms with E-state index in [0.29, 0.717) is 13.2 Å². The summed E-state index contributed by atoms with van der Waals surface area (Å²) in [6.07, 6.45) is -0.273. The molecule has 0 radical (unpaired) electrons. The summed E-state index contributed by atoms with van der Waals surface area (Å²) in [4.78, 5) is 27.0. The van der Waals surface area contributed by atoms with Crippen LogP contribution in [0.2, 0.25) is 0 Å². The highest BCUT2D eigenvalue weighted by Gasteiger charge is 1.92. The summed E-state index contributed by atoms with van der Waals surface area (Å²) in [5.41, 5.74) is 10.3. The van der Waals surface area contributed by atoms with Gasteiger partial charge in [-0.05, 0) is 6.92 Å². The average Bonchev–Trinajstić information content (AvgIpc) is 2.15. The molecule has 0 bridgehead atoms. The van der Waals surface area contributed by atoms with Crippen molar-refractivity contribution < 1.29 is 34.4 Å². The monoisotopic (exact) mass is 284 g/mol. The van der Waals surface area contributed by atoms with E-state index < -0.39 is 17.9 Å². The molecule has 0 aromatic heterocycles. The van der Waals surface area contributed by atoms with E-state index in [2.05, 4.69) is 0 Å². The lowest BCUT2D eigenvalue weighted by molar-refractivity contribution is -0.135. The molecule has 116 valence electrons. The number of carboxylic acid groups (broad SMARTS) is 3. The van der Waals surface area contributed by atoms with Crippen LogP contribution in [-0.2, 0) is 19.1 Å². The van der Waals surface area contributed by atoms with Gasteiger partial charge in [-0.25, -0.2) is 0 Å². The van der Waals surface area contributed by atoms with Gasteiger partial charge in [-0.3, -0.25) is 14.4 Å². The molecule has 0 saturated heterocycles. The standard InChI is InChI=1S/C4H12N2O.3C2H4O2/c1-2-7-4(6)3-5;3*1-2(3)4/h4H,2-3,5-6H2,1H3;3*1H3,(H,3,4). The number of nitrogens with two attached hydrogens (primary N) is 2. The number of hydrogen-bond acceptors (Lipinski definition) is 6. The van der Waals surface area contributed by atoms with Gasteiger partial charge in [-0.15, -0.1) is 0 Å². The van der Waals surface area contributed by atoms with Crippen LogP contribution in [0.1, 0.15) is 27.7 Å². The Hall–Kier alpha value is -1.71. The van der Waals surface area contributed by atoms with Gasteiger partial charge in [0.25, 0.3) is 17.9 Å². The Labute approximate surface area is 112 Å². The lowest BCUT2D eigenvalue weighted by Gasteiger charge is -2.05. The zero-order chi connectivity index (χ0) is 16.4. The van der Waals surface area contributed by atoms with Crippen LogP contribution in [0.25, 0.3) is 0 Å². The van der Waals surface area contributed by atoms with E-state index in [4.69, 9.17) is 45.9 Å². The topological polar surface area (TPSA) is 173 Å². The number of aliphatic carboxylic acids is 3. The predicted octanol–water partition coefficient (Wildman–Crippen LogP) is -0.461. The zero-order valence-electron chi connectivity index (χ0n) is 11.6. The second-order valence-electron chi connectivity index (χ2n) is 2.79. The fourth-order valence-electron chi connectivity index (χ4n) is 0.282. The third kappa shape index (κ3) is 307. The van der Waals surface area contributed by atoms with Crippen LogP contribution in [0.3, 0.4) is 0 Å². The summed E-state index contributed by atoms with van der Waals surface area (Å²) >= 11 is 0. The van der Waals surface area contributed by atoms with Crippen LogP contribution in [0.5, 0.6) is 0 Å². The quantitative estimate of drug-likeness (QED) is 0.429. The summed E-state index contributed by atoms with van der Waals surface area (Å²) in [7, 11) is 0. The highest BCUT2D eigenvalue weighted by atomic mass is 16.5. The normalized spacial score (nSPS) is 9.16. The smallest absolute Gasteiger partial charge is 0.300 e. The van der Waals surface area contributed by atoms with E-state index in [1.54, 1.807) is 0 Å². The Morgan fingerprint density at radius 3 is 1.26 bits per heavy atom. The highest BCUT2D eigenvalue weighted by Crippen LogP contribution is 1.74. The van der Waals surface area contributed by atoms with Crippen molar-refractivity contribution >= 4 is 17.9 Å². The average molecular weight is 284 g/mol. The Kier molecular flexibility index (Phi) is 29.5. The Balaban J connectivity index is -0.0000000825.